The summed E-state index contributed by atoms with van der Waals surface area (Å²) in [6.07, 6.45) is 0. The molecular formula is C23H14O2. The minimum Gasteiger partial charge on any atom is -0.452 e. The number of hydrogen-bond donors (Lipinski definition) is 0. The van der Waals surface area contributed by atoms with Crippen LogP contribution >= 0.6 is 0 Å². The molecule has 1 aliphatic rings. The zero-order chi connectivity index (χ0) is 16.8. The van der Waals surface area contributed by atoms with E-state index in [1.54, 1.807) is 0 Å². The Labute approximate surface area is 145 Å². The summed E-state index contributed by atoms with van der Waals surface area (Å²) in [6.45, 7) is 0. The SMILES string of the molecule is O=C1C(c2ccccc2)=C(c2ccccc2)c2c1oc1ccccc21. The molecule has 0 saturated carbocycles. The first kappa shape index (κ1) is 14.0. The minimum atomic E-state index is -0.0451. The van der Waals surface area contributed by atoms with E-state index in [0.717, 1.165) is 33.2 Å². The Bertz CT molecular complexity index is 1130. The lowest BCUT2D eigenvalue weighted by Crippen LogP contribution is -1.97. The molecule has 0 saturated heterocycles. The molecule has 1 aliphatic carbocycles. The highest BCUT2D eigenvalue weighted by molar-refractivity contribution is 6.42. The summed E-state index contributed by atoms with van der Waals surface area (Å²) in [4.78, 5) is 13.2. The van der Waals surface area contributed by atoms with Crippen LogP contribution in [0, 0.1) is 0 Å². The maximum Gasteiger partial charge on any atom is 0.230 e. The minimum absolute atomic E-state index is 0.0451. The Morgan fingerprint density at radius 2 is 1.16 bits per heavy atom. The summed E-state index contributed by atoms with van der Waals surface area (Å²) in [5.74, 6) is 0.398. The number of para-hydroxylation sites is 1. The van der Waals surface area contributed by atoms with Crippen LogP contribution in [0.2, 0.25) is 0 Å². The number of fused-ring (bicyclic) bond motifs is 3. The van der Waals surface area contributed by atoms with Crippen molar-refractivity contribution in [3.63, 3.8) is 0 Å². The lowest BCUT2D eigenvalue weighted by molar-refractivity contribution is 0.103. The lowest BCUT2D eigenvalue weighted by Gasteiger charge is -2.08. The first-order valence-corrected chi connectivity index (χ1v) is 8.26. The molecule has 0 amide bonds. The molecule has 0 atom stereocenters. The van der Waals surface area contributed by atoms with Crippen LogP contribution in [0.3, 0.4) is 0 Å². The molecule has 0 bridgehead atoms. The third-order valence-electron chi connectivity index (χ3n) is 4.65. The second-order valence-corrected chi connectivity index (χ2v) is 6.11. The maximum absolute atomic E-state index is 13.2. The van der Waals surface area contributed by atoms with Gasteiger partial charge in [-0.15, -0.1) is 0 Å². The van der Waals surface area contributed by atoms with E-state index in [1.807, 2.05) is 84.9 Å². The van der Waals surface area contributed by atoms with Crippen molar-refractivity contribution in [1.82, 2.24) is 0 Å². The molecule has 2 heteroatoms. The molecule has 118 valence electrons. The first-order valence-electron chi connectivity index (χ1n) is 8.26. The monoisotopic (exact) mass is 322 g/mol. The third-order valence-corrected chi connectivity index (χ3v) is 4.65. The van der Waals surface area contributed by atoms with Gasteiger partial charge in [0.05, 0.1) is 0 Å². The Kier molecular flexibility index (Phi) is 2.98. The van der Waals surface area contributed by atoms with Crippen molar-refractivity contribution in [2.24, 2.45) is 0 Å². The lowest BCUT2D eigenvalue weighted by atomic mass is 9.93. The average molecular weight is 322 g/mol. The van der Waals surface area contributed by atoms with Gasteiger partial charge in [-0.25, -0.2) is 0 Å². The summed E-state index contributed by atoms with van der Waals surface area (Å²) >= 11 is 0. The van der Waals surface area contributed by atoms with Crippen molar-refractivity contribution < 1.29 is 9.21 Å². The average Bonchev–Trinajstić information content (AvgIpc) is 3.18. The molecule has 0 unspecified atom stereocenters. The summed E-state index contributed by atoms with van der Waals surface area (Å²) in [5.41, 5.74) is 5.27. The molecular weight excluding hydrogens is 308 g/mol. The molecule has 5 rings (SSSR count). The summed E-state index contributed by atoms with van der Waals surface area (Å²) in [7, 11) is 0. The van der Waals surface area contributed by atoms with Gasteiger partial charge in [-0.3, -0.25) is 4.79 Å². The first-order chi connectivity index (χ1) is 12.3. The van der Waals surface area contributed by atoms with Crippen molar-refractivity contribution >= 4 is 27.9 Å². The van der Waals surface area contributed by atoms with Crippen LogP contribution in [0.4, 0.5) is 0 Å². The van der Waals surface area contributed by atoms with E-state index in [1.165, 1.54) is 0 Å². The number of allylic oxidation sites excluding steroid dienone is 1. The van der Waals surface area contributed by atoms with Crippen molar-refractivity contribution in [1.29, 1.82) is 0 Å². The predicted molar refractivity (Wildman–Crippen MR) is 99.3 cm³/mol. The van der Waals surface area contributed by atoms with Gasteiger partial charge in [-0.05, 0) is 17.2 Å². The van der Waals surface area contributed by atoms with Gasteiger partial charge in [0.15, 0.2) is 5.76 Å². The molecule has 1 aromatic heterocycles. The Balaban J connectivity index is 1.90. The number of Topliss-reactive ketones (excluding diaryl/α,β-unsaturated/α-hetero) is 1. The van der Waals surface area contributed by atoms with Crippen molar-refractivity contribution in [2.45, 2.75) is 0 Å². The van der Waals surface area contributed by atoms with Crippen molar-refractivity contribution in [3.8, 4) is 0 Å². The van der Waals surface area contributed by atoms with Gasteiger partial charge < -0.3 is 4.42 Å². The number of hydrogen-bond acceptors (Lipinski definition) is 2. The molecule has 3 aromatic carbocycles. The van der Waals surface area contributed by atoms with Crippen LogP contribution in [0.1, 0.15) is 27.2 Å². The van der Waals surface area contributed by atoms with Crippen LogP contribution in [0.15, 0.2) is 89.3 Å². The highest BCUT2D eigenvalue weighted by Gasteiger charge is 2.36. The van der Waals surface area contributed by atoms with Gasteiger partial charge in [0.2, 0.25) is 5.78 Å². The van der Waals surface area contributed by atoms with Crippen LogP contribution in [-0.2, 0) is 0 Å². The molecule has 1 heterocycles. The highest BCUT2D eigenvalue weighted by Crippen LogP contribution is 2.46. The van der Waals surface area contributed by atoms with Crippen molar-refractivity contribution in [3.05, 3.63) is 107 Å². The predicted octanol–water partition coefficient (Wildman–Crippen LogP) is 5.59. The zero-order valence-corrected chi connectivity index (χ0v) is 13.4. The Morgan fingerprint density at radius 3 is 1.84 bits per heavy atom. The Hall–Kier alpha value is -3.39. The number of rotatable bonds is 2. The van der Waals surface area contributed by atoms with Gasteiger partial charge in [-0.1, -0.05) is 78.9 Å². The van der Waals surface area contributed by atoms with E-state index in [9.17, 15) is 4.79 Å². The van der Waals surface area contributed by atoms with Gasteiger partial charge >= 0.3 is 0 Å². The standard InChI is InChI=1S/C23H14O2/c24-22-20(16-11-5-2-6-12-16)19(15-9-3-1-4-10-15)21-17-13-7-8-14-18(17)25-23(21)22/h1-14H. The van der Waals surface area contributed by atoms with Crippen molar-refractivity contribution in [2.75, 3.05) is 0 Å². The molecule has 0 fully saturated rings. The fourth-order valence-corrected chi connectivity index (χ4v) is 3.58. The maximum atomic E-state index is 13.2. The van der Waals surface area contributed by atoms with Gasteiger partial charge in [-0.2, -0.15) is 0 Å². The molecule has 0 aliphatic heterocycles. The van der Waals surface area contributed by atoms with E-state index in [2.05, 4.69) is 0 Å². The van der Waals surface area contributed by atoms with Gasteiger partial charge in [0, 0.05) is 22.1 Å². The Morgan fingerprint density at radius 1 is 0.600 bits per heavy atom. The van der Waals surface area contributed by atoms with Crippen LogP contribution in [-0.4, -0.2) is 5.78 Å². The summed E-state index contributed by atoms with van der Waals surface area (Å²) in [5, 5.41) is 0.982. The third kappa shape index (κ3) is 2.01. The van der Waals surface area contributed by atoms with E-state index >= 15 is 0 Å². The molecule has 0 N–H and O–H groups in total. The number of carbonyl (C=O) groups excluding carboxylic acids is 1. The normalized spacial score (nSPS) is 13.5. The fraction of sp³-hybridized carbons (Fsp3) is 0. The number of furan rings is 1. The van der Waals surface area contributed by atoms with Crippen LogP contribution in [0.5, 0.6) is 0 Å². The fourth-order valence-electron chi connectivity index (χ4n) is 3.58. The highest BCUT2D eigenvalue weighted by atomic mass is 16.3. The second-order valence-electron chi connectivity index (χ2n) is 6.11. The zero-order valence-electron chi connectivity index (χ0n) is 13.4. The quantitative estimate of drug-likeness (QED) is 0.481. The number of ketones is 1. The molecule has 25 heavy (non-hydrogen) atoms. The van der Waals surface area contributed by atoms with E-state index in [-0.39, 0.29) is 5.78 Å². The van der Waals surface area contributed by atoms with Gasteiger partial charge in [0.25, 0.3) is 0 Å². The number of carbonyl (C=O) groups is 1. The number of benzene rings is 3. The molecule has 0 radical (unpaired) electrons. The molecule has 4 aromatic rings. The van der Waals surface area contributed by atoms with Crippen LogP contribution in [0.25, 0.3) is 22.1 Å². The molecule has 2 nitrogen and oxygen atoms in total. The summed E-state index contributed by atoms with van der Waals surface area (Å²) in [6, 6.07) is 27.7. The summed E-state index contributed by atoms with van der Waals surface area (Å²) < 4.78 is 5.94. The smallest absolute Gasteiger partial charge is 0.230 e. The largest absolute Gasteiger partial charge is 0.452 e. The molecule has 0 spiro atoms. The van der Waals surface area contributed by atoms with E-state index < -0.39 is 0 Å². The van der Waals surface area contributed by atoms with Crippen LogP contribution < -0.4 is 0 Å². The van der Waals surface area contributed by atoms with E-state index in [0.29, 0.717) is 11.3 Å². The van der Waals surface area contributed by atoms with E-state index in [4.69, 9.17) is 4.42 Å². The topological polar surface area (TPSA) is 30.2 Å². The second kappa shape index (κ2) is 5.32. The van der Waals surface area contributed by atoms with Gasteiger partial charge in [0.1, 0.15) is 5.58 Å².